The highest BCUT2D eigenvalue weighted by Crippen LogP contribution is 2.27. The zero-order valence-corrected chi connectivity index (χ0v) is 8.61. The Labute approximate surface area is 84.9 Å². The second-order valence-electron chi connectivity index (χ2n) is 3.87. The molecule has 2 heterocycles. The van der Waals surface area contributed by atoms with Crippen molar-refractivity contribution in [2.24, 2.45) is 0 Å². The van der Waals surface area contributed by atoms with E-state index in [1.807, 2.05) is 12.3 Å². The summed E-state index contributed by atoms with van der Waals surface area (Å²) in [6.45, 7) is 3.38. The molecule has 76 valence electrons. The van der Waals surface area contributed by atoms with Crippen molar-refractivity contribution in [2.75, 3.05) is 17.2 Å². The number of hydrogen-bond acceptors (Lipinski definition) is 3. The van der Waals surface area contributed by atoms with Gasteiger partial charge in [0, 0.05) is 18.8 Å². The first-order chi connectivity index (χ1) is 6.81. The van der Waals surface area contributed by atoms with Crippen LogP contribution in [0, 0.1) is 0 Å². The van der Waals surface area contributed by atoms with Crippen molar-refractivity contribution in [2.45, 2.75) is 32.2 Å². The van der Waals surface area contributed by atoms with Crippen LogP contribution >= 0.6 is 0 Å². The predicted octanol–water partition coefficient (Wildman–Crippen LogP) is 2.04. The Morgan fingerprint density at radius 2 is 2.43 bits per heavy atom. The van der Waals surface area contributed by atoms with Gasteiger partial charge in [0.05, 0.1) is 17.6 Å². The molecule has 1 aromatic heterocycles. The van der Waals surface area contributed by atoms with E-state index in [0.717, 1.165) is 12.2 Å². The van der Waals surface area contributed by atoms with E-state index in [9.17, 15) is 0 Å². The lowest BCUT2D eigenvalue weighted by molar-refractivity contribution is 0.645. The molecule has 1 saturated heterocycles. The molecule has 0 spiro atoms. The van der Waals surface area contributed by atoms with E-state index >= 15 is 0 Å². The van der Waals surface area contributed by atoms with Gasteiger partial charge < -0.3 is 10.6 Å². The molecule has 0 aliphatic carbocycles. The van der Waals surface area contributed by atoms with Crippen molar-refractivity contribution in [1.82, 2.24) is 4.98 Å². The van der Waals surface area contributed by atoms with Gasteiger partial charge in [0.15, 0.2) is 0 Å². The Balaban J connectivity index is 2.21. The minimum Gasteiger partial charge on any atom is -0.397 e. The molecule has 0 saturated carbocycles. The number of nitrogens with two attached hydrogens (primary N) is 1. The topological polar surface area (TPSA) is 42.2 Å². The van der Waals surface area contributed by atoms with Gasteiger partial charge in [-0.2, -0.15) is 0 Å². The molecule has 2 rings (SSSR count). The maximum atomic E-state index is 5.72. The van der Waals surface area contributed by atoms with Gasteiger partial charge in [0.25, 0.3) is 0 Å². The lowest BCUT2D eigenvalue weighted by atomic mass is 10.1. The van der Waals surface area contributed by atoms with Crippen molar-refractivity contribution < 1.29 is 0 Å². The van der Waals surface area contributed by atoms with Crippen LogP contribution in [0.1, 0.15) is 26.2 Å². The lowest BCUT2D eigenvalue weighted by Crippen LogP contribution is -2.28. The van der Waals surface area contributed by atoms with Gasteiger partial charge in [0.1, 0.15) is 0 Å². The van der Waals surface area contributed by atoms with Crippen LogP contribution in [0.2, 0.25) is 0 Å². The molecular formula is C11H17N3. The maximum Gasteiger partial charge on any atom is 0.0575 e. The largest absolute Gasteiger partial charge is 0.397 e. The summed E-state index contributed by atoms with van der Waals surface area (Å²) in [4.78, 5) is 6.55. The molecule has 0 aromatic carbocycles. The average molecular weight is 191 g/mol. The number of nitrogen functional groups attached to an aromatic ring is 1. The zero-order valence-electron chi connectivity index (χ0n) is 8.61. The third-order valence-electron chi connectivity index (χ3n) is 2.92. The van der Waals surface area contributed by atoms with E-state index in [1.54, 1.807) is 6.20 Å². The second kappa shape index (κ2) is 3.86. The Hall–Kier alpha value is -1.25. The molecule has 2 N–H and O–H groups in total. The Bertz CT molecular complexity index is 311. The first kappa shape index (κ1) is 9.31. The molecule has 0 amide bonds. The molecule has 3 nitrogen and oxygen atoms in total. The van der Waals surface area contributed by atoms with E-state index in [4.69, 9.17) is 5.73 Å². The molecule has 1 fully saturated rings. The smallest absolute Gasteiger partial charge is 0.0575 e. The molecule has 1 atom stereocenters. The van der Waals surface area contributed by atoms with Crippen molar-refractivity contribution in [1.29, 1.82) is 0 Å². The van der Waals surface area contributed by atoms with Gasteiger partial charge in [-0.25, -0.2) is 0 Å². The second-order valence-corrected chi connectivity index (χ2v) is 3.87. The van der Waals surface area contributed by atoms with Gasteiger partial charge in [0.2, 0.25) is 0 Å². The van der Waals surface area contributed by atoms with Crippen LogP contribution in [0.15, 0.2) is 18.5 Å². The van der Waals surface area contributed by atoms with Crippen LogP contribution in [-0.2, 0) is 0 Å². The van der Waals surface area contributed by atoms with E-state index in [1.165, 1.54) is 24.9 Å². The van der Waals surface area contributed by atoms with Crippen LogP contribution in [0.4, 0.5) is 11.4 Å². The molecular weight excluding hydrogens is 174 g/mol. The summed E-state index contributed by atoms with van der Waals surface area (Å²) >= 11 is 0. The first-order valence-corrected chi connectivity index (χ1v) is 5.28. The Morgan fingerprint density at radius 1 is 1.57 bits per heavy atom. The Morgan fingerprint density at radius 3 is 3.14 bits per heavy atom. The molecule has 0 radical (unpaired) electrons. The van der Waals surface area contributed by atoms with Gasteiger partial charge in [-0.15, -0.1) is 0 Å². The minimum atomic E-state index is 0.679. The lowest BCUT2D eigenvalue weighted by Gasteiger charge is -2.25. The van der Waals surface area contributed by atoms with Crippen LogP contribution in [0.5, 0.6) is 0 Å². The molecule has 1 aliphatic rings. The molecule has 1 aliphatic heterocycles. The fourth-order valence-electron chi connectivity index (χ4n) is 2.20. The molecule has 0 bridgehead atoms. The van der Waals surface area contributed by atoms with Crippen molar-refractivity contribution in [3.63, 3.8) is 0 Å². The summed E-state index contributed by atoms with van der Waals surface area (Å²) in [7, 11) is 0. The van der Waals surface area contributed by atoms with E-state index in [0.29, 0.717) is 6.04 Å². The van der Waals surface area contributed by atoms with Gasteiger partial charge in [-0.3, -0.25) is 4.98 Å². The van der Waals surface area contributed by atoms with Crippen LogP contribution < -0.4 is 10.6 Å². The summed E-state index contributed by atoms with van der Waals surface area (Å²) in [6, 6.07) is 2.69. The number of anilines is 2. The number of hydrogen-bond donors (Lipinski definition) is 1. The third-order valence-corrected chi connectivity index (χ3v) is 2.92. The zero-order chi connectivity index (χ0) is 9.97. The third kappa shape index (κ3) is 1.67. The van der Waals surface area contributed by atoms with E-state index in [-0.39, 0.29) is 0 Å². The Kier molecular flexibility index (Phi) is 2.57. The molecule has 1 aromatic rings. The number of rotatable bonds is 2. The van der Waals surface area contributed by atoms with Crippen LogP contribution in [0.25, 0.3) is 0 Å². The minimum absolute atomic E-state index is 0.679. The summed E-state index contributed by atoms with van der Waals surface area (Å²) in [5.74, 6) is 0. The number of aromatic nitrogens is 1. The average Bonchev–Trinajstić information content (AvgIpc) is 2.65. The number of pyridine rings is 1. The van der Waals surface area contributed by atoms with Gasteiger partial charge in [-0.1, -0.05) is 6.92 Å². The molecule has 3 heteroatoms. The highest BCUT2D eigenvalue weighted by atomic mass is 15.2. The van der Waals surface area contributed by atoms with Gasteiger partial charge >= 0.3 is 0 Å². The fraction of sp³-hybridized carbons (Fsp3) is 0.545. The first-order valence-electron chi connectivity index (χ1n) is 5.28. The van der Waals surface area contributed by atoms with E-state index < -0.39 is 0 Å². The van der Waals surface area contributed by atoms with Crippen molar-refractivity contribution >= 4 is 11.4 Å². The fourth-order valence-corrected chi connectivity index (χ4v) is 2.20. The summed E-state index contributed by atoms with van der Waals surface area (Å²) in [5.41, 5.74) is 7.65. The quantitative estimate of drug-likeness (QED) is 0.777. The molecule has 1 unspecified atom stereocenters. The van der Waals surface area contributed by atoms with Crippen LogP contribution in [0.3, 0.4) is 0 Å². The van der Waals surface area contributed by atoms with Crippen molar-refractivity contribution in [3.05, 3.63) is 18.5 Å². The molecule has 14 heavy (non-hydrogen) atoms. The van der Waals surface area contributed by atoms with Crippen LogP contribution in [-0.4, -0.2) is 17.6 Å². The summed E-state index contributed by atoms with van der Waals surface area (Å²) in [6.07, 6.45) is 7.39. The van der Waals surface area contributed by atoms with E-state index in [2.05, 4.69) is 16.8 Å². The van der Waals surface area contributed by atoms with Crippen molar-refractivity contribution in [3.8, 4) is 0 Å². The standard InChI is InChI=1S/C11H17N3/c1-2-10-4-3-5-14(10)11-6-9(12)7-13-8-11/h6-8,10H,2-5,12H2,1H3. The summed E-state index contributed by atoms with van der Waals surface area (Å²) in [5, 5.41) is 0. The maximum absolute atomic E-state index is 5.72. The highest BCUT2D eigenvalue weighted by molar-refractivity contribution is 5.54. The monoisotopic (exact) mass is 191 g/mol. The normalized spacial score (nSPS) is 21.5. The number of nitrogens with zero attached hydrogens (tertiary/aromatic N) is 2. The highest BCUT2D eigenvalue weighted by Gasteiger charge is 2.22. The summed E-state index contributed by atoms with van der Waals surface area (Å²) < 4.78 is 0. The predicted molar refractivity (Wildman–Crippen MR) is 59.3 cm³/mol. The van der Waals surface area contributed by atoms with Gasteiger partial charge in [-0.05, 0) is 25.3 Å². The SMILES string of the molecule is CCC1CCCN1c1cncc(N)c1.